The first-order chi connectivity index (χ1) is 43.9. The molecule has 9 nitrogen and oxygen atoms in total. The van der Waals surface area contributed by atoms with E-state index in [0.717, 1.165) is 70.6 Å². The zero-order chi connectivity index (χ0) is 65.6. The number of nitrogens with zero attached hydrogens (tertiary/aromatic N) is 1. The van der Waals surface area contributed by atoms with Gasteiger partial charge in [0.25, 0.3) is 7.82 Å². The Morgan fingerprint density at radius 2 is 0.678 bits per heavy atom. The fourth-order valence-electron chi connectivity index (χ4n) is 11.6. The van der Waals surface area contributed by atoms with Crippen LogP contribution >= 0.6 is 7.82 Å². The van der Waals surface area contributed by atoms with Crippen molar-refractivity contribution in [2.45, 2.75) is 399 Å². The minimum absolute atomic E-state index is 0.0208. The second kappa shape index (κ2) is 69.5. The maximum Gasteiger partial charge on any atom is 0.306 e. The highest BCUT2D eigenvalue weighted by atomic mass is 31.2. The summed E-state index contributed by atoms with van der Waals surface area (Å²) in [6, 6.07) is -0.889. The van der Waals surface area contributed by atoms with Crippen LogP contribution in [0.5, 0.6) is 0 Å². The number of likely N-dealkylation sites (N-methyl/N-ethyl adjacent to an activating group) is 1. The van der Waals surface area contributed by atoms with Crippen molar-refractivity contribution in [1.29, 1.82) is 0 Å². The second-order valence-electron chi connectivity index (χ2n) is 27.9. The van der Waals surface area contributed by atoms with E-state index in [1.54, 1.807) is 0 Å². The van der Waals surface area contributed by atoms with Gasteiger partial charge in [-0.15, -0.1) is 0 Å². The number of phosphoric acid groups is 1. The van der Waals surface area contributed by atoms with E-state index < -0.39 is 20.0 Å². The zero-order valence-corrected chi connectivity index (χ0v) is 61.5. The molecule has 0 bridgehead atoms. The van der Waals surface area contributed by atoms with Crippen LogP contribution in [-0.4, -0.2) is 69.4 Å². The van der Waals surface area contributed by atoms with E-state index in [9.17, 15) is 19.0 Å². The second-order valence-corrected chi connectivity index (χ2v) is 29.3. The number of amides is 1. The lowest BCUT2D eigenvalue weighted by molar-refractivity contribution is -0.870. The van der Waals surface area contributed by atoms with Gasteiger partial charge in [0.2, 0.25) is 5.91 Å². The summed E-state index contributed by atoms with van der Waals surface area (Å²) in [7, 11) is 1.20. The fourth-order valence-corrected chi connectivity index (χ4v) is 12.4. The normalized spacial score (nSPS) is 13.7. The van der Waals surface area contributed by atoms with Crippen LogP contribution in [0.25, 0.3) is 0 Å². The standard InChI is InChI=1S/C80H151N2O7P/c1-7-10-13-16-19-22-25-28-30-32-34-36-38-40-41-43-44-46-48-50-52-54-57-60-63-66-69-72-79(83)81-77(76-88-90(85,86)87-75-74-82(4,5)6)78(71-68-65-62-59-56-27-24-21-18-15-12-9-3)89-80(84)73-70-67-64-61-58-55-53-51-49-47-45-42-39-37-35-33-31-29-26-23-20-17-14-11-8-2/h19-20,22-23,28-31,68,71,77-78H,7-18,21,24-27,32-67,69-70,72-76H2,1-6H3,(H-,81,83,85,86)/b22-19-,23-20-,30-28-,31-29-,71-68+. The molecule has 528 valence electrons. The summed E-state index contributed by atoms with van der Waals surface area (Å²) in [5.41, 5.74) is 0. The maximum atomic E-state index is 13.6. The number of allylic oxidation sites excluding steroid dienone is 9. The van der Waals surface area contributed by atoms with Gasteiger partial charge in [-0.2, -0.15) is 0 Å². The first-order valence-corrected chi connectivity index (χ1v) is 40.6. The summed E-state index contributed by atoms with van der Waals surface area (Å²) in [6.07, 6.45) is 90.8. The van der Waals surface area contributed by atoms with Crippen LogP contribution in [0.3, 0.4) is 0 Å². The largest absolute Gasteiger partial charge is 0.756 e. The molecule has 0 fully saturated rings. The summed E-state index contributed by atoms with van der Waals surface area (Å²) >= 11 is 0. The number of ether oxygens (including phenoxy) is 1. The summed E-state index contributed by atoms with van der Waals surface area (Å²) in [5.74, 6) is -0.522. The highest BCUT2D eigenvalue weighted by Crippen LogP contribution is 2.38. The number of phosphoric ester groups is 1. The zero-order valence-electron chi connectivity index (χ0n) is 60.6. The minimum Gasteiger partial charge on any atom is -0.756 e. The molecule has 0 aromatic carbocycles. The highest BCUT2D eigenvalue weighted by Gasteiger charge is 2.27. The number of rotatable bonds is 72. The van der Waals surface area contributed by atoms with Crippen molar-refractivity contribution in [1.82, 2.24) is 5.32 Å². The average Bonchev–Trinajstić information content (AvgIpc) is 3.04. The van der Waals surface area contributed by atoms with E-state index in [4.69, 9.17) is 13.8 Å². The predicted molar refractivity (Wildman–Crippen MR) is 390 cm³/mol. The smallest absolute Gasteiger partial charge is 0.306 e. The maximum absolute atomic E-state index is 13.6. The topological polar surface area (TPSA) is 114 Å². The lowest BCUT2D eigenvalue weighted by Gasteiger charge is -2.30. The van der Waals surface area contributed by atoms with Gasteiger partial charge >= 0.3 is 5.97 Å². The van der Waals surface area contributed by atoms with Gasteiger partial charge in [0.05, 0.1) is 33.8 Å². The van der Waals surface area contributed by atoms with E-state index in [-0.39, 0.29) is 31.5 Å². The number of esters is 1. The van der Waals surface area contributed by atoms with Gasteiger partial charge in [0.15, 0.2) is 0 Å². The Bertz CT molecular complexity index is 1720. The van der Waals surface area contributed by atoms with Crippen molar-refractivity contribution in [3.05, 3.63) is 60.8 Å². The number of carbonyl (C=O) groups is 2. The van der Waals surface area contributed by atoms with Crippen LogP contribution in [0, 0.1) is 0 Å². The van der Waals surface area contributed by atoms with Gasteiger partial charge in [-0.1, -0.05) is 339 Å². The van der Waals surface area contributed by atoms with Gasteiger partial charge in [0, 0.05) is 12.8 Å². The van der Waals surface area contributed by atoms with Crippen molar-refractivity contribution < 1.29 is 37.3 Å². The molecular weight excluding hydrogens is 1130 g/mol. The molecule has 3 atom stereocenters. The summed E-state index contributed by atoms with van der Waals surface area (Å²) in [6.45, 7) is 6.85. The summed E-state index contributed by atoms with van der Waals surface area (Å²) < 4.78 is 30.5. The fraction of sp³-hybridized carbons (Fsp3) is 0.850. The quantitative estimate of drug-likeness (QED) is 0.0212. The number of nitrogens with one attached hydrogen (secondary N) is 1. The van der Waals surface area contributed by atoms with Crippen molar-refractivity contribution in [2.24, 2.45) is 0 Å². The number of unbranched alkanes of at least 4 members (excludes halogenated alkanes) is 48. The Hall–Kier alpha value is -2.29. The monoisotopic (exact) mass is 1280 g/mol. The van der Waals surface area contributed by atoms with E-state index >= 15 is 0 Å². The Morgan fingerprint density at radius 3 is 1.02 bits per heavy atom. The lowest BCUT2D eigenvalue weighted by atomic mass is 10.0. The molecule has 0 aromatic rings. The molecule has 0 aromatic heterocycles. The van der Waals surface area contributed by atoms with E-state index in [2.05, 4.69) is 74.7 Å². The van der Waals surface area contributed by atoms with Crippen LogP contribution in [0.2, 0.25) is 0 Å². The van der Waals surface area contributed by atoms with Gasteiger partial charge in [-0.3, -0.25) is 14.2 Å². The molecule has 0 saturated heterocycles. The number of hydrogen-bond donors (Lipinski definition) is 1. The summed E-state index contributed by atoms with van der Waals surface area (Å²) in [4.78, 5) is 40.3. The first-order valence-electron chi connectivity index (χ1n) is 39.1. The van der Waals surface area contributed by atoms with Crippen molar-refractivity contribution >= 4 is 19.7 Å². The van der Waals surface area contributed by atoms with Gasteiger partial charge in [0.1, 0.15) is 19.3 Å². The van der Waals surface area contributed by atoms with E-state index in [1.807, 2.05) is 33.3 Å². The van der Waals surface area contributed by atoms with Gasteiger partial charge in [-0.25, -0.2) is 0 Å². The van der Waals surface area contributed by atoms with Crippen LogP contribution in [0.1, 0.15) is 387 Å². The Kier molecular flexibility index (Phi) is 67.8. The third-order valence-electron chi connectivity index (χ3n) is 17.7. The third-order valence-corrected chi connectivity index (χ3v) is 18.6. The molecule has 0 saturated carbocycles. The van der Waals surface area contributed by atoms with Gasteiger partial charge in [-0.05, 0) is 96.0 Å². The van der Waals surface area contributed by atoms with E-state index in [1.165, 1.54) is 283 Å². The van der Waals surface area contributed by atoms with Gasteiger partial charge < -0.3 is 28.5 Å². The van der Waals surface area contributed by atoms with Crippen LogP contribution in [0.15, 0.2) is 60.8 Å². The van der Waals surface area contributed by atoms with Crippen LogP contribution in [-0.2, 0) is 27.9 Å². The van der Waals surface area contributed by atoms with Crippen molar-refractivity contribution in [2.75, 3.05) is 40.9 Å². The predicted octanol–water partition coefficient (Wildman–Crippen LogP) is 24.7. The molecule has 0 aliphatic heterocycles. The number of hydrogen-bond acceptors (Lipinski definition) is 7. The Morgan fingerprint density at radius 1 is 0.389 bits per heavy atom. The highest BCUT2D eigenvalue weighted by molar-refractivity contribution is 7.45. The molecule has 0 heterocycles. The Balaban J connectivity index is 4.91. The van der Waals surface area contributed by atoms with Crippen LogP contribution < -0.4 is 10.2 Å². The molecule has 0 radical (unpaired) electrons. The third kappa shape index (κ3) is 70.0. The van der Waals surface area contributed by atoms with Crippen molar-refractivity contribution in [3.8, 4) is 0 Å². The van der Waals surface area contributed by atoms with Crippen molar-refractivity contribution in [3.63, 3.8) is 0 Å². The molecule has 0 spiro atoms. The molecular formula is C80H151N2O7P. The molecule has 0 rings (SSSR count). The van der Waals surface area contributed by atoms with E-state index in [0.29, 0.717) is 17.4 Å². The molecule has 1 amide bonds. The molecule has 90 heavy (non-hydrogen) atoms. The summed E-state index contributed by atoms with van der Waals surface area (Å²) in [5, 5.41) is 3.06. The molecule has 0 aliphatic carbocycles. The minimum atomic E-state index is -4.71. The molecule has 3 unspecified atom stereocenters. The SMILES string of the molecule is CCCCC/C=C\C/C=C\CCCCCCCCCCCCCCCCCCCC(=O)NC(COP(=O)([O-])OCC[N+](C)(C)C)C(/C=C/CCCCCCCCCCCC)OC(=O)CCCCCCCCCCCCCCCCC/C=C\C/C=C\CCCCC. The Labute approximate surface area is 560 Å². The number of carbonyl (C=O) groups excluding carboxylic acids is 2. The molecule has 10 heteroatoms. The average molecular weight is 1280 g/mol. The first kappa shape index (κ1) is 87.7. The van der Waals surface area contributed by atoms with Crippen LogP contribution in [0.4, 0.5) is 0 Å². The number of quaternary nitrogens is 1. The molecule has 1 N–H and O–H groups in total. The molecule has 0 aliphatic rings. The lowest BCUT2D eigenvalue weighted by Crippen LogP contribution is -2.47.